The molecule has 0 bridgehead atoms. The topological polar surface area (TPSA) is 12.9 Å². The van der Waals surface area contributed by atoms with Crippen LogP contribution >= 0.6 is 0 Å². The number of benzene rings is 2. The summed E-state index contributed by atoms with van der Waals surface area (Å²) in [6.45, 7) is 4.44. The molecule has 1 heterocycles. The quantitative estimate of drug-likeness (QED) is 0.619. The maximum Gasteiger partial charge on any atom is 0.0708 e. The van der Waals surface area contributed by atoms with Gasteiger partial charge in [-0.15, -0.1) is 0 Å². The van der Waals surface area contributed by atoms with E-state index in [1.165, 1.54) is 22.1 Å². The molecule has 0 aliphatic carbocycles. The summed E-state index contributed by atoms with van der Waals surface area (Å²) < 4.78 is 0. The molecular formula is C18H17N. The van der Waals surface area contributed by atoms with Gasteiger partial charge in [0.05, 0.1) is 5.52 Å². The molecule has 0 aliphatic rings. The molecule has 0 N–H and O–H groups in total. The largest absolute Gasteiger partial charge is 0.256 e. The molecule has 0 saturated heterocycles. The molecular weight excluding hydrogens is 230 g/mol. The molecule has 0 fully saturated rings. The lowest BCUT2D eigenvalue weighted by atomic mass is 9.96. The summed E-state index contributed by atoms with van der Waals surface area (Å²) in [6, 6.07) is 19.2. The maximum absolute atomic E-state index is 4.47. The summed E-state index contributed by atoms with van der Waals surface area (Å²) in [5.74, 6) is 0.535. The molecule has 1 aromatic heterocycles. The van der Waals surface area contributed by atoms with Gasteiger partial charge in [0, 0.05) is 11.6 Å². The van der Waals surface area contributed by atoms with Gasteiger partial charge in [0.25, 0.3) is 0 Å². The van der Waals surface area contributed by atoms with Crippen LogP contribution in [0.15, 0.2) is 60.8 Å². The lowest BCUT2D eigenvalue weighted by Crippen LogP contribution is -1.90. The summed E-state index contributed by atoms with van der Waals surface area (Å²) in [6.07, 6.45) is 1.89. The summed E-state index contributed by atoms with van der Waals surface area (Å²) in [5, 5.41) is 1.24. The highest BCUT2D eigenvalue weighted by molar-refractivity contribution is 5.94. The van der Waals surface area contributed by atoms with Gasteiger partial charge in [-0.2, -0.15) is 0 Å². The molecule has 0 spiro atoms. The van der Waals surface area contributed by atoms with E-state index in [1.54, 1.807) is 0 Å². The van der Waals surface area contributed by atoms with Crippen molar-refractivity contribution in [2.75, 3.05) is 0 Å². The van der Waals surface area contributed by atoms with Crippen LogP contribution in [0, 0.1) is 0 Å². The smallest absolute Gasteiger partial charge is 0.0708 e. The number of nitrogens with zero attached hydrogens (tertiary/aromatic N) is 1. The second-order valence-corrected chi connectivity index (χ2v) is 5.16. The first kappa shape index (κ1) is 11.9. The average molecular weight is 247 g/mol. The zero-order chi connectivity index (χ0) is 13.2. The van der Waals surface area contributed by atoms with E-state index < -0.39 is 0 Å². The van der Waals surface area contributed by atoms with Crippen LogP contribution in [0.4, 0.5) is 0 Å². The summed E-state index contributed by atoms with van der Waals surface area (Å²) in [4.78, 5) is 4.47. The van der Waals surface area contributed by atoms with E-state index in [2.05, 4.69) is 67.4 Å². The minimum absolute atomic E-state index is 0.535. The fraction of sp³-hybridized carbons (Fsp3) is 0.167. The Morgan fingerprint density at radius 3 is 2.42 bits per heavy atom. The number of aromatic nitrogens is 1. The predicted molar refractivity (Wildman–Crippen MR) is 81.3 cm³/mol. The standard InChI is InChI=1S/C18H17N/c1-13(2)15-8-9-18-17(12-15)16(10-11-19-18)14-6-4-3-5-7-14/h3-13H,1-2H3. The molecule has 1 nitrogen and oxygen atoms in total. The Hall–Kier alpha value is -2.15. The predicted octanol–water partition coefficient (Wildman–Crippen LogP) is 5.03. The summed E-state index contributed by atoms with van der Waals surface area (Å²) in [7, 11) is 0. The molecule has 1 heteroatoms. The summed E-state index contributed by atoms with van der Waals surface area (Å²) in [5.41, 5.74) is 4.92. The molecule has 94 valence electrons. The van der Waals surface area contributed by atoms with E-state index in [0.717, 1.165) is 5.52 Å². The van der Waals surface area contributed by atoms with Gasteiger partial charge in [-0.05, 0) is 40.8 Å². The van der Waals surface area contributed by atoms with Crippen LogP contribution in [0.5, 0.6) is 0 Å². The zero-order valence-electron chi connectivity index (χ0n) is 11.3. The third-order valence-electron chi connectivity index (χ3n) is 3.52. The minimum Gasteiger partial charge on any atom is -0.256 e. The van der Waals surface area contributed by atoms with Crippen LogP contribution < -0.4 is 0 Å². The zero-order valence-corrected chi connectivity index (χ0v) is 11.3. The van der Waals surface area contributed by atoms with E-state index in [1.807, 2.05) is 12.3 Å². The molecule has 19 heavy (non-hydrogen) atoms. The normalized spacial score (nSPS) is 11.1. The highest BCUT2D eigenvalue weighted by Gasteiger charge is 2.06. The molecule has 3 rings (SSSR count). The first-order valence-corrected chi connectivity index (χ1v) is 6.70. The lowest BCUT2D eigenvalue weighted by Gasteiger charge is -2.10. The molecule has 0 unspecified atom stereocenters. The van der Waals surface area contributed by atoms with Gasteiger partial charge < -0.3 is 0 Å². The molecule has 0 aliphatic heterocycles. The Kier molecular flexibility index (Phi) is 3.04. The maximum atomic E-state index is 4.47. The number of rotatable bonds is 2. The van der Waals surface area contributed by atoms with Crippen molar-refractivity contribution in [1.82, 2.24) is 4.98 Å². The van der Waals surface area contributed by atoms with Gasteiger partial charge in [0.1, 0.15) is 0 Å². The van der Waals surface area contributed by atoms with Crippen molar-refractivity contribution in [3.63, 3.8) is 0 Å². The third kappa shape index (κ3) is 2.24. The highest BCUT2D eigenvalue weighted by atomic mass is 14.6. The van der Waals surface area contributed by atoms with Gasteiger partial charge in [-0.1, -0.05) is 50.2 Å². The van der Waals surface area contributed by atoms with Crippen LogP contribution in [0.2, 0.25) is 0 Å². The second kappa shape index (κ2) is 4.85. The molecule has 3 aromatic rings. The molecule has 0 saturated carbocycles. The van der Waals surface area contributed by atoms with Crippen molar-refractivity contribution in [1.29, 1.82) is 0 Å². The molecule has 0 atom stereocenters. The Balaban J connectivity index is 2.27. The Labute approximate surface area is 113 Å². The van der Waals surface area contributed by atoms with E-state index >= 15 is 0 Å². The Bertz CT molecular complexity index is 699. The van der Waals surface area contributed by atoms with E-state index in [-0.39, 0.29) is 0 Å². The Morgan fingerprint density at radius 1 is 0.895 bits per heavy atom. The number of hydrogen-bond donors (Lipinski definition) is 0. The average Bonchev–Trinajstić information content (AvgIpc) is 2.47. The molecule has 2 aromatic carbocycles. The van der Waals surface area contributed by atoms with Gasteiger partial charge >= 0.3 is 0 Å². The van der Waals surface area contributed by atoms with Crippen LogP contribution in [-0.2, 0) is 0 Å². The van der Waals surface area contributed by atoms with Crippen molar-refractivity contribution < 1.29 is 0 Å². The fourth-order valence-electron chi connectivity index (χ4n) is 2.39. The van der Waals surface area contributed by atoms with Crippen molar-refractivity contribution in [2.24, 2.45) is 0 Å². The summed E-state index contributed by atoms with van der Waals surface area (Å²) >= 11 is 0. The van der Waals surface area contributed by atoms with E-state index in [9.17, 15) is 0 Å². The second-order valence-electron chi connectivity index (χ2n) is 5.16. The van der Waals surface area contributed by atoms with Gasteiger partial charge in [-0.3, -0.25) is 4.98 Å². The molecule has 0 radical (unpaired) electrons. The van der Waals surface area contributed by atoms with E-state index in [0.29, 0.717) is 5.92 Å². The number of pyridine rings is 1. The van der Waals surface area contributed by atoms with Crippen molar-refractivity contribution >= 4 is 10.9 Å². The van der Waals surface area contributed by atoms with Crippen LogP contribution in [-0.4, -0.2) is 4.98 Å². The van der Waals surface area contributed by atoms with Gasteiger partial charge in [0.15, 0.2) is 0 Å². The monoisotopic (exact) mass is 247 g/mol. The molecule has 0 amide bonds. The lowest BCUT2D eigenvalue weighted by molar-refractivity contribution is 0.868. The number of hydrogen-bond acceptors (Lipinski definition) is 1. The Morgan fingerprint density at radius 2 is 1.68 bits per heavy atom. The van der Waals surface area contributed by atoms with Crippen molar-refractivity contribution in [3.05, 3.63) is 66.4 Å². The van der Waals surface area contributed by atoms with Crippen LogP contribution in [0.1, 0.15) is 25.3 Å². The first-order valence-electron chi connectivity index (χ1n) is 6.70. The third-order valence-corrected chi connectivity index (χ3v) is 3.52. The van der Waals surface area contributed by atoms with Crippen LogP contribution in [0.25, 0.3) is 22.0 Å². The SMILES string of the molecule is CC(C)c1ccc2nccc(-c3ccccc3)c2c1. The minimum atomic E-state index is 0.535. The number of fused-ring (bicyclic) bond motifs is 1. The first-order chi connectivity index (χ1) is 9.25. The van der Waals surface area contributed by atoms with Crippen molar-refractivity contribution in [3.8, 4) is 11.1 Å². The fourth-order valence-corrected chi connectivity index (χ4v) is 2.39. The van der Waals surface area contributed by atoms with Crippen LogP contribution in [0.3, 0.4) is 0 Å². The van der Waals surface area contributed by atoms with Crippen molar-refractivity contribution in [2.45, 2.75) is 19.8 Å². The van der Waals surface area contributed by atoms with Gasteiger partial charge in [-0.25, -0.2) is 0 Å². The highest BCUT2D eigenvalue weighted by Crippen LogP contribution is 2.29. The van der Waals surface area contributed by atoms with E-state index in [4.69, 9.17) is 0 Å². The van der Waals surface area contributed by atoms with Gasteiger partial charge in [0.2, 0.25) is 0 Å².